The van der Waals surface area contributed by atoms with E-state index in [1.165, 1.54) is 5.56 Å². The normalized spacial score (nSPS) is 10.2. The number of nitrogens with two attached hydrogens (primary N) is 1. The van der Waals surface area contributed by atoms with E-state index in [1.807, 2.05) is 19.1 Å². The van der Waals surface area contributed by atoms with Crippen LogP contribution in [0, 0.1) is 6.92 Å². The molecule has 2 aromatic rings. The molecule has 0 aliphatic carbocycles. The molecule has 0 spiro atoms. The molecule has 0 fully saturated rings. The minimum atomic E-state index is 0.580. The maximum absolute atomic E-state index is 5.55. The van der Waals surface area contributed by atoms with Crippen LogP contribution in [0.5, 0.6) is 0 Å². The van der Waals surface area contributed by atoms with Gasteiger partial charge < -0.3 is 11.1 Å². The molecule has 0 radical (unpaired) electrons. The summed E-state index contributed by atoms with van der Waals surface area (Å²) in [6, 6.07) is 8.23. The average molecular weight is 228 g/mol. The summed E-state index contributed by atoms with van der Waals surface area (Å²) in [5, 5.41) is 3.26. The van der Waals surface area contributed by atoms with E-state index >= 15 is 0 Å². The van der Waals surface area contributed by atoms with Gasteiger partial charge in [0.05, 0.1) is 5.69 Å². The van der Waals surface area contributed by atoms with Gasteiger partial charge in [0, 0.05) is 25.5 Å². The minimum absolute atomic E-state index is 0.580. The van der Waals surface area contributed by atoms with Gasteiger partial charge in [0.2, 0.25) is 0 Å². The van der Waals surface area contributed by atoms with Crippen molar-refractivity contribution >= 4 is 5.82 Å². The first-order chi connectivity index (χ1) is 8.29. The Morgan fingerprint density at radius 3 is 2.35 bits per heavy atom. The van der Waals surface area contributed by atoms with Crippen LogP contribution in [-0.2, 0) is 13.1 Å². The Hall–Kier alpha value is -1.94. The second kappa shape index (κ2) is 5.41. The second-order valence-corrected chi connectivity index (χ2v) is 3.86. The van der Waals surface area contributed by atoms with E-state index in [2.05, 4.69) is 27.4 Å². The summed E-state index contributed by atoms with van der Waals surface area (Å²) in [6.45, 7) is 3.26. The Morgan fingerprint density at radius 1 is 1.06 bits per heavy atom. The fourth-order valence-corrected chi connectivity index (χ4v) is 1.56. The van der Waals surface area contributed by atoms with Crippen LogP contribution in [0.3, 0.4) is 0 Å². The van der Waals surface area contributed by atoms with Gasteiger partial charge in [-0.15, -0.1) is 0 Å². The number of aromatic nitrogens is 2. The summed E-state index contributed by atoms with van der Waals surface area (Å²) in [7, 11) is 0. The molecule has 0 saturated heterocycles. The van der Waals surface area contributed by atoms with E-state index in [0.29, 0.717) is 6.54 Å². The zero-order chi connectivity index (χ0) is 12.1. The van der Waals surface area contributed by atoms with Gasteiger partial charge in [0.25, 0.3) is 0 Å². The Balaban J connectivity index is 2.00. The van der Waals surface area contributed by atoms with Crippen LogP contribution in [0.15, 0.2) is 36.7 Å². The molecule has 4 heteroatoms. The zero-order valence-corrected chi connectivity index (χ0v) is 9.85. The minimum Gasteiger partial charge on any atom is -0.364 e. The number of hydrogen-bond donors (Lipinski definition) is 2. The number of nitrogens with zero attached hydrogens (tertiary/aromatic N) is 2. The third-order valence-corrected chi connectivity index (χ3v) is 2.60. The lowest BCUT2D eigenvalue weighted by Crippen LogP contribution is -2.04. The van der Waals surface area contributed by atoms with E-state index in [4.69, 9.17) is 5.73 Å². The average Bonchev–Trinajstić information content (AvgIpc) is 2.38. The third kappa shape index (κ3) is 3.01. The third-order valence-electron chi connectivity index (χ3n) is 2.60. The van der Waals surface area contributed by atoms with Crippen LogP contribution in [-0.4, -0.2) is 9.97 Å². The van der Waals surface area contributed by atoms with Crippen molar-refractivity contribution in [3.63, 3.8) is 0 Å². The highest BCUT2D eigenvalue weighted by atomic mass is 15.0. The molecule has 88 valence electrons. The van der Waals surface area contributed by atoms with Crippen molar-refractivity contribution < 1.29 is 0 Å². The lowest BCUT2D eigenvalue weighted by molar-refractivity contribution is 1.04. The topological polar surface area (TPSA) is 63.8 Å². The van der Waals surface area contributed by atoms with Crippen molar-refractivity contribution in [2.75, 3.05) is 5.32 Å². The van der Waals surface area contributed by atoms with Crippen LogP contribution in [0.2, 0.25) is 0 Å². The molecule has 2 rings (SSSR count). The van der Waals surface area contributed by atoms with Gasteiger partial charge in [-0.1, -0.05) is 24.3 Å². The first-order valence-corrected chi connectivity index (χ1v) is 5.59. The fraction of sp³-hybridized carbons (Fsp3) is 0.231. The lowest BCUT2D eigenvalue weighted by atomic mass is 10.1. The Bertz CT molecular complexity index is 479. The summed E-state index contributed by atoms with van der Waals surface area (Å²) < 4.78 is 0. The smallest absolute Gasteiger partial charge is 0.147 e. The van der Waals surface area contributed by atoms with Crippen molar-refractivity contribution in [1.29, 1.82) is 0 Å². The molecular weight excluding hydrogens is 212 g/mol. The lowest BCUT2D eigenvalue weighted by Gasteiger charge is -2.07. The molecule has 0 unspecified atom stereocenters. The highest BCUT2D eigenvalue weighted by molar-refractivity contribution is 5.39. The first-order valence-electron chi connectivity index (χ1n) is 5.59. The highest BCUT2D eigenvalue weighted by Crippen LogP contribution is 2.09. The molecule has 17 heavy (non-hydrogen) atoms. The van der Waals surface area contributed by atoms with Crippen molar-refractivity contribution in [2.45, 2.75) is 20.0 Å². The van der Waals surface area contributed by atoms with E-state index in [0.717, 1.165) is 23.6 Å². The summed E-state index contributed by atoms with van der Waals surface area (Å²) >= 11 is 0. The van der Waals surface area contributed by atoms with Gasteiger partial charge in [-0.3, -0.25) is 4.98 Å². The van der Waals surface area contributed by atoms with Crippen molar-refractivity contribution in [3.8, 4) is 0 Å². The first kappa shape index (κ1) is 11.5. The SMILES string of the molecule is Cc1nccnc1NCc1ccc(CN)cc1. The molecule has 1 aromatic heterocycles. The maximum atomic E-state index is 5.55. The van der Waals surface area contributed by atoms with Gasteiger partial charge in [-0.2, -0.15) is 0 Å². The summed E-state index contributed by atoms with van der Waals surface area (Å²) in [5.74, 6) is 0.829. The molecule has 0 bridgehead atoms. The molecule has 0 aliphatic rings. The van der Waals surface area contributed by atoms with Crippen molar-refractivity contribution in [3.05, 3.63) is 53.5 Å². The Morgan fingerprint density at radius 2 is 1.71 bits per heavy atom. The van der Waals surface area contributed by atoms with Crippen molar-refractivity contribution in [2.24, 2.45) is 5.73 Å². The monoisotopic (exact) mass is 228 g/mol. The molecule has 3 N–H and O–H groups in total. The van der Waals surface area contributed by atoms with E-state index < -0.39 is 0 Å². The number of aryl methyl sites for hydroxylation is 1. The molecule has 1 aromatic carbocycles. The van der Waals surface area contributed by atoms with Crippen molar-refractivity contribution in [1.82, 2.24) is 9.97 Å². The summed E-state index contributed by atoms with van der Waals surface area (Å²) in [6.07, 6.45) is 3.38. The number of benzene rings is 1. The maximum Gasteiger partial charge on any atom is 0.147 e. The fourth-order valence-electron chi connectivity index (χ4n) is 1.56. The molecule has 0 saturated carbocycles. The Kier molecular flexibility index (Phi) is 3.67. The van der Waals surface area contributed by atoms with Gasteiger partial charge in [-0.25, -0.2) is 4.98 Å². The second-order valence-electron chi connectivity index (χ2n) is 3.86. The summed E-state index contributed by atoms with van der Waals surface area (Å²) in [4.78, 5) is 8.41. The van der Waals surface area contributed by atoms with Gasteiger partial charge >= 0.3 is 0 Å². The number of anilines is 1. The van der Waals surface area contributed by atoms with E-state index in [1.54, 1.807) is 12.4 Å². The molecule has 4 nitrogen and oxygen atoms in total. The number of hydrogen-bond acceptors (Lipinski definition) is 4. The number of nitrogens with one attached hydrogen (secondary N) is 1. The van der Waals surface area contributed by atoms with Crippen LogP contribution in [0.1, 0.15) is 16.8 Å². The molecular formula is C13H16N4. The zero-order valence-electron chi connectivity index (χ0n) is 9.85. The molecule has 0 aliphatic heterocycles. The summed E-state index contributed by atoms with van der Waals surface area (Å²) in [5.41, 5.74) is 8.80. The highest BCUT2D eigenvalue weighted by Gasteiger charge is 1.99. The van der Waals surface area contributed by atoms with Gasteiger partial charge in [0.15, 0.2) is 0 Å². The molecule has 1 heterocycles. The Labute approximate surface area is 101 Å². The number of rotatable bonds is 4. The predicted octanol–water partition coefficient (Wildman–Crippen LogP) is 1.86. The van der Waals surface area contributed by atoms with E-state index in [9.17, 15) is 0 Å². The quantitative estimate of drug-likeness (QED) is 0.838. The van der Waals surface area contributed by atoms with Crippen LogP contribution >= 0.6 is 0 Å². The molecule has 0 amide bonds. The van der Waals surface area contributed by atoms with E-state index in [-0.39, 0.29) is 0 Å². The predicted molar refractivity (Wildman–Crippen MR) is 68.4 cm³/mol. The van der Waals surface area contributed by atoms with Gasteiger partial charge in [0.1, 0.15) is 5.82 Å². The van der Waals surface area contributed by atoms with Crippen LogP contribution in [0.25, 0.3) is 0 Å². The largest absolute Gasteiger partial charge is 0.364 e. The van der Waals surface area contributed by atoms with Gasteiger partial charge in [-0.05, 0) is 18.1 Å². The van der Waals surface area contributed by atoms with Crippen LogP contribution in [0.4, 0.5) is 5.82 Å². The standard InChI is InChI=1S/C13H16N4/c1-10-13(16-7-6-15-10)17-9-12-4-2-11(8-14)3-5-12/h2-7H,8-9,14H2,1H3,(H,16,17). The van der Waals surface area contributed by atoms with Crippen LogP contribution < -0.4 is 11.1 Å². The molecule has 0 atom stereocenters.